The Morgan fingerprint density at radius 1 is 1.69 bits per heavy atom. The predicted octanol–water partition coefficient (Wildman–Crippen LogP) is -0.992. The Bertz CT molecular complexity index is 333. The molecule has 0 unspecified atom stereocenters. The van der Waals surface area contributed by atoms with Gasteiger partial charge in [0.1, 0.15) is 6.54 Å². The first-order valence-corrected chi connectivity index (χ1v) is 4.11. The van der Waals surface area contributed by atoms with Crippen molar-refractivity contribution in [2.24, 2.45) is 0 Å². The van der Waals surface area contributed by atoms with Crippen LogP contribution in [0.15, 0.2) is 0 Å². The SMILES string of the molecule is O=C(O)Cn1nnc2c1CCNC2. The lowest BCUT2D eigenvalue weighted by molar-refractivity contribution is -0.137. The van der Waals surface area contributed by atoms with Crippen LogP contribution in [0.1, 0.15) is 11.4 Å². The van der Waals surface area contributed by atoms with Crippen molar-refractivity contribution in [1.29, 1.82) is 0 Å². The smallest absolute Gasteiger partial charge is 0.325 e. The fourth-order valence-electron chi connectivity index (χ4n) is 1.45. The molecular weight excluding hydrogens is 172 g/mol. The van der Waals surface area contributed by atoms with Crippen molar-refractivity contribution >= 4 is 5.97 Å². The molecule has 1 aromatic heterocycles. The van der Waals surface area contributed by atoms with Crippen molar-refractivity contribution in [3.63, 3.8) is 0 Å². The molecule has 1 aliphatic heterocycles. The van der Waals surface area contributed by atoms with Gasteiger partial charge in [0, 0.05) is 19.5 Å². The minimum absolute atomic E-state index is 0.0949. The van der Waals surface area contributed by atoms with Gasteiger partial charge in [0.05, 0.1) is 11.4 Å². The highest BCUT2D eigenvalue weighted by molar-refractivity contribution is 5.66. The summed E-state index contributed by atoms with van der Waals surface area (Å²) in [4.78, 5) is 10.4. The molecule has 70 valence electrons. The number of carboxylic acids is 1. The zero-order chi connectivity index (χ0) is 9.26. The average Bonchev–Trinajstić information content (AvgIpc) is 2.48. The van der Waals surface area contributed by atoms with Crippen LogP contribution in [-0.2, 0) is 24.3 Å². The fourth-order valence-corrected chi connectivity index (χ4v) is 1.45. The molecule has 0 saturated carbocycles. The lowest BCUT2D eigenvalue weighted by atomic mass is 10.2. The first-order chi connectivity index (χ1) is 6.27. The molecule has 6 heteroatoms. The van der Waals surface area contributed by atoms with Gasteiger partial charge in [-0.15, -0.1) is 5.10 Å². The van der Waals surface area contributed by atoms with Crippen LogP contribution in [0, 0.1) is 0 Å². The summed E-state index contributed by atoms with van der Waals surface area (Å²) in [5.41, 5.74) is 1.81. The molecule has 0 spiro atoms. The summed E-state index contributed by atoms with van der Waals surface area (Å²) in [6.45, 7) is 1.46. The van der Waals surface area contributed by atoms with Gasteiger partial charge in [0.15, 0.2) is 0 Å². The first-order valence-electron chi connectivity index (χ1n) is 4.11. The molecule has 1 aromatic rings. The summed E-state index contributed by atoms with van der Waals surface area (Å²) in [6.07, 6.45) is 0.801. The Kier molecular flexibility index (Phi) is 1.97. The van der Waals surface area contributed by atoms with Crippen molar-refractivity contribution in [1.82, 2.24) is 20.3 Å². The fraction of sp³-hybridized carbons (Fsp3) is 0.571. The van der Waals surface area contributed by atoms with Crippen molar-refractivity contribution < 1.29 is 9.90 Å². The summed E-state index contributed by atoms with van der Waals surface area (Å²) in [7, 11) is 0. The highest BCUT2D eigenvalue weighted by Gasteiger charge is 2.17. The molecule has 2 N–H and O–H groups in total. The number of hydrogen-bond donors (Lipinski definition) is 2. The molecule has 0 fully saturated rings. The van der Waals surface area contributed by atoms with Gasteiger partial charge in [0.25, 0.3) is 0 Å². The quantitative estimate of drug-likeness (QED) is 0.613. The number of hydrogen-bond acceptors (Lipinski definition) is 4. The zero-order valence-corrected chi connectivity index (χ0v) is 7.03. The van der Waals surface area contributed by atoms with E-state index in [0.717, 1.165) is 24.4 Å². The average molecular weight is 182 g/mol. The van der Waals surface area contributed by atoms with E-state index >= 15 is 0 Å². The van der Waals surface area contributed by atoms with E-state index in [1.54, 1.807) is 0 Å². The van der Waals surface area contributed by atoms with E-state index < -0.39 is 5.97 Å². The molecule has 6 nitrogen and oxygen atoms in total. The van der Waals surface area contributed by atoms with E-state index in [-0.39, 0.29) is 6.54 Å². The molecule has 2 rings (SSSR count). The molecule has 0 radical (unpaired) electrons. The van der Waals surface area contributed by atoms with E-state index in [9.17, 15) is 4.79 Å². The second kappa shape index (κ2) is 3.14. The van der Waals surface area contributed by atoms with Gasteiger partial charge >= 0.3 is 5.97 Å². The third-order valence-electron chi connectivity index (χ3n) is 2.03. The van der Waals surface area contributed by atoms with Gasteiger partial charge in [-0.25, -0.2) is 4.68 Å². The molecular formula is C7H10N4O2. The number of carboxylic acid groups (broad SMARTS) is 1. The number of aliphatic carboxylic acids is 1. The molecule has 0 bridgehead atoms. The van der Waals surface area contributed by atoms with Crippen molar-refractivity contribution in [3.05, 3.63) is 11.4 Å². The summed E-state index contributed by atoms with van der Waals surface area (Å²) < 4.78 is 1.46. The third-order valence-corrected chi connectivity index (χ3v) is 2.03. The minimum atomic E-state index is -0.883. The van der Waals surface area contributed by atoms with Crippen LogP contribution in [0.5, 0.6) is 0 Å². The molecule has 0 atom stereocenters. The summed E-state index contributed by atoms with van der Waals surface area (Å²) in [5, 5.41) is 19.4. The monoisotopic (exact) mass is 182 g/mol. The summed E-state index contributed by atoms with van der Waals surface area (Å²) in [6, 6.07) is 0. The summed E-state index contributed by atoms with van der Waals surface area (Å²) >= 11 is 0. The van der Waals surface area contributed by atoms with Crippen LogP contribution in [0.4, 0.5) is 0 Å². The number of rotatable bonds is 2. The van der Waals surface area contributed by atoms with Crippen molar-refractivity contribution in [3.8, 4) is 0 Å². The van der Waals surface area contributed by atoms with Crippen LogP contribution < -0.4 is 5.32 Å². The van der Waals surface area contributed by atoms with Crippen LogP contribution >= 0.6 is 0 Å². The lowest BCUT2D eigenvalue weighted by Gasteiger charge is -2.12. The maximum absolute atomic E-state index is 10.4. The van der Waals surface area contributed by atoms with Crippen molar-refractivity contribution in [2.75, 3.05) is 6.54 Å². The van der Waals surface area contributed by atoms with Gasteiger partial charge in [-0.1, -0.05) is 5.21 Å². The first kappa shape index (κ1) is 8.18. The Morgan fingerprint density at radius 3 is 3.31 bits per heavy atom. The van der Waals surface area contributed by atoms with E-state index in [1.807, 2.05) is 0 Å². The third kappa shape index (κ3) is 1.52. The van der Waals surface area contributed by atoms with Gasteiger partial charge in [-0.2, -0.15) is 0 Å². The normalized spacial score (nSPS) is 15.4. The highest BCUT2D eigenvalue weighted by atomic mass is 16.4. The second-order valence-corrected chi connectivity index (χ2v) is 2.96. The van der Waals surface area contributed by atoms with E-state index in [0.29, 0.717) is 6.54 Å². The highest BCUT2D eigenvalue weighted by Crippen LogP contribution is 2.09. The number of carbonyl (C=O) groups is 1. The van der Waals surface area contributed by atoms with Gasteiger partial charge in [-0.3, -0.25) is 4.79 Å². The van der Waals surface area contributed by atoms with Gasteiger partial charge in [-0.05, 0) is 0 Å². The van der Waals surface area contributed by atoms with E-state index in [2.05, 4.69) is 15.6 Å². The number of nitrogens with one attached hydrogen (secondary N) is 1. The Morgan fingerprint density at radius 2 is 2.54 bits per heavy atom. The van der Waals surface area contributed by atoms with Crippen LogP contribution in [-0.4, -0.2) is 32.6 Å². The van der Waals surface area contributed by atoms with E-state index in [1.165, 1.54) is 4.68 Å². The molecule has 0 amide bonds. The van der Waals surface area contributed by atoms with Gasteiger partial charge in [0.2, 0.25) is 0 Å². The molecule has 0 aliphatic carbocycles. The molecule has 1 aliphatic rings. The van der Waals surface area contributed by atoms with Crippen LogP contribution in [0.25, 0.3) is 0 Å². The molecule has 2 heterocycles. The van der Waals surface area contributed by atoms with Gasteiger partial charge < -0.3 is 10.4 Å². The number of aromatic nitrogens is 3. The zero-order valence-electron chi connectivity index (χ0n) is 7.03. The largest absolute Gasteiger partial charge is 0.480 e. The summed E-state index contributed by atoms with van der Waals surface area (Å²) in [5.74, 6) is -0.883. The maximum atomic E-state index is 10.4. The Hall–Kier alpha value is -1.43. The lowest BCUT2D eigenvalue weighted by Crippen LogP contribution is -2.25. The molecule has 13 heavy (non-hydrogen) atoms. The minimum Gasteiger partial charge on any atom is -0.480 e. The molecule has 0 saturated heterocycles. The maximum Gasteiger partial charge on any atom is 0.325 e. The predicted molar refractivity (Wildman–Crippen MR) is 43.1 cm³/mol. The second-order valence-electron chi connectivity index (χ2n) is 2.96. The van der Waals surface area contributed by atoms with Crippen LogP contribution in [0.3, 0.4) is 0 Å². The van der Waals surface area contributed by atoms with Crippen LogP contribution in [0.2, 0.25) is 0 Å². The molecule has 0 aromatic carbocycles. The standard InChI is InChI=1S/C7H10N4O2/c12-7(13)4-11-6-1-2-8-3-5(6)9-10-11/h8H,1-4H2,(H,12,13). The Labute approximate surface area is 74.6 Å². The Balaban J connectivity index is 2.26. The number of fused-ring (bicyclic) bond motifs is 1. The number of nitrogens with zero attached hydrogens (tertiary/aromatic N) is 3. The van der Waals surface area contributed by atoms with E-state index in [4.69, 9.17) is 5.11 Å². The topological polar surface area (TPSA) is 80.0 Å². The van der Waals surface area contributed by atoms with Crippen molar-refractivity contribution in [2.45, 2.75) is 19.5 Å².